The lowest BCUT2D eigenvalue weighted by atomic mass is 9.96. The molecule has 1 aromatic carbocycles. The summed E-state index contributed by atoms with van der Waals surface area (Å²) < 4.78 is 0. The number of halogens is 1. The molecule has 2 rings (SSSR count). The Kier molecular flexibility index (Phi) is 3.32. The van der Waals surface area contributed by atoms with Crippen LogP contribution in [0.3, 0.4) is 0 Å². The van der Waals surface area contributed by atoms with Gasteiger partial charge in [-0.3, -0.25) is 0 Å². The summed E-state index contributed by atoms with van der Waals surface area (Å²) in [6.45, 7) is 2.05. The summed E-state index contributed by atoms with van der Waals surface area (Å²) in [5.41, 5.74) is 2.58. The van der Waals surface area contributed by atoms with Gasteiger partial charge in [0.05, 0.1) is 0 Å². The molecule has 1 aliphatic carbocycles. The average molecular weight is 224 g/mol. The molecular formula is C13H18ClN. The van der Waals surface area contributed by atoms with Crippen LogP contribution in [0.1, 0.15) is 36.3 Å². The Morgan fingerprint density at radius 3 is 2.73 bits per heavy atom. The van der Waals surface area contributed by atoms with Crippen LogP contribution < -0.4 is 5.32 Å². The smallest absolute Gasteiger partial charge is 0.0438 e. The topological polar surface area (TPSA) is 12.0 Å². The Hall–Kier alpha value is -0.530. The van der Waals surface area contributed by atoms with E-state index in [1.807, 2.05) is 0 Å². The fourth-order valence-electron chi connectivity index (χ4n) is 2.41. The maximum atomic E-state index is 6.15. The van der Waals surface area contributed by atoms with Crippen molar-refractivity contribution in [2.45, 2.75) is 38.1 Å². The number of hydrogen-bond acceptors (Lipinski definition) is 1. The van der Waals surface area contributed by atoms with Gasteiger partial charge >= 0.3 is 0 Å². The van der Waals surface area contributed by atoms with Crippen LogP contribution in [0.2, 0.25) is 5.02 Å². The third-order valence-corrected chi connectivity index (χ3v) is 3.92. The summed E-state index contributed by atoms with van der Waals surface area (Å²) in [5, 5.41) is 4.26. The first-order valence-corrected chi connectivity index (χ1v) is 6.02. The molecule has 1 N–H and O–H groups in total. The highest BCUT2D eigenvalue weighted by Gasteiger charge is 2.24. The van der Waals surface area contributed by atoms with E-state index in [9.17, 15) is 0 Å². The van der Waals surface area contributed by atoms with Crippen molar-refractivity contribution < 1.29 is 0 Å². The monoisotopic (exact) mass is 223 g/mol. The van der Waals surface area contributed by atoms with Crippen molar-refractivity contribution in [1.82, 2.24) is 5.32 Å². The maximum absolute atomic E-state index is 6.15. The average Bonchev–Trinajstić information content (AvgIpc) is 2.70. The van der Waals surface area contributed by atoms with Crippen LogP contribution in [-0.4, -0.2) is 13.1 Å². The normalized spacial score (nSPS) is 25.8. The summed E-state index contributed by atoms with van der Waals surface area (Å²) in [7, 11) is 2.05. The van der Waals surface area contributed by atoms with Crippen molar-refractivity contribution in [2.24, 2.45) is 0 Å². The van der Waals surface area contributed by atoms with Gasteiger partial charge in [0.1, 0.15) is 0 Å². The summed E-state index contributed by atoms with van der Waals surface area (Å²) in [6, 6.07) is 7.18. The number of aryl methyl sites for hydroxylation is 1. The first-order valence-electron chi connectivity index (χ1n) is 5.64. The first kappa shape index (κ1) is 11.0. The predicted octanol–water partition coefficient (Wildman–Crippen LogP) is 3.50. The molecule has 1 nitrogen and oxygen atoms in total. The minimum absolute atomic E-state index is 0.690. The van der Waals surface area contributed by atoms with Crippen molar-refractivity contribution in [3.63, 3.8) is 0 Å². The maximum Gasteiger partial charge on any atom is 0.0438 e. The van der Waals surface area contributed by atoms with E-state index in [0.717, 1.165) is 5.02 Å². The van der Waals surface area contributed by atoms with Gasteiger partial charge < -0.3 is 5.32 Å². The van der Waals surface area contributed by atoms with Crippen LogP contribution in [0.5, 0.6) is 0 Å². The highest BCUT2D eigenvalue weighted by molar-refractivity contribution is 6.31. The van der Waals surface area contributed by atoms with Gasteiger partial charge in [-0.1, -0.05) is 23.7 Å². The number of hydrogen-bond donors (Lipinski definition) is 1. The van der Waals surface area contributed by atoms with Crippen molar-refractivity contribution in [2.75, 3.05) is 7.05 Å². The van der Waals surface area contributed by atoms with Crippen LogP contribution in [0.4, 0.5) is 0 Å². The van der Waals surface area contributed by atoms with Crippen molar-refractivity contribution in [1.29, 1.82) is 0 Å². The molecular weight excluding hydrogens is 206 g/mol. The van der Waals surface area contributed by atoms with Crippen molar-refractivity contribution >= 4 is 11.6 Å². The third-order valence-electron chi connectivity index (χ3n) is 3.51. The number of benzene rings is 1. The fourth-order valence-corrected chi connectivity index (χ4v) is 2.60. The number of rotatable bonds is 2. The zero-order chi connectivity index (χ0) is 10.8. The molecule has 1 saturated carbocycles. The van der Waals surface area contributed by atoms with Crippen LogP contribution in [0, 0.1) is 6.92 Å². The van der Waals surface area contributed by atoms with Crippen molar-refractivity contribution in [3.05, 3.63) is 34.3 Å². The summed E-state index contributed by atoms with van der Waals surface area (Å²) in [5.74, 6) is 0.695. The zero-order valence-electron chi connectivity index (χ0n) is 9.39. The van der Waals surface area contributed by atoms with E-state index < -0.39 is 0 Å². The molecule has 0 amide bonds. The lowest BCUT2D eigenvalue weighted by Crippen LogP contribution is -2.21. The molecule has 0 aromatic heterocycles. The van der Waals surface area contributed by atoms with E-state index in [-0.39, 0.29) is 0 Å². The quantitative estimate of drug-likeness (QED) is 0.809. The van der Waals surface area contributed by atoms with Gasteiger partial charge in [0.2, 0.25) is 0 Å². The molecule has 2 atom stereocenters. The Balaban J connectivity index is 2.13. The van der Waals surface area contributed by atoms with E-state index >= 15 is 0 Å². The molecule has 1 fully saturated rings. The molecule has 1 aliphatic rings. The van der Waals surface area contributed by atoms with Gasteiger partial charge in [0, 0.05) is 11.1 Å². The fraction of sp³-hybridized carbons (Fsp3) is 0.538. The SMILES string of the molecule is CNC1CCC(c2ccc(C)c(Cl)c2)C1. The molecule has 0 aliphatic heterocycles. The molecule has 0 radical (unpaired) electrons. The minimum Gasteiger partial charge on any atom is -0.317 e. The van der Waals surface area contributed by atoms with Crippen LogP contribution in [0.25, 0.3) is 0 Å². The third kappa shape index (κ3) is 2.35. The molecule has 82 valence electrons. The second-order valence-corrected chi connectivity index (χ2v) is 4.91. The van der Waals surface area contributed by atoms with Gasteiger partial charge in [0.15, 0.2) is 0 Å². The van der Waals surface area contributed by atoms with Gasteiger partial charge in [-0.05, 0) is 56.3 Å². The van der Waals surface area contributed by atoms with E-state index in [1.54, 1.807) is 0 Å². The lowest BCUT2D eigenvalue weighted by Gasteiger charge is -2.12. The van der Waals surface area contributed by atoms with E-state index in [2.05, 4.69) is 37.5 Å². The Bertz CT molecular complexity index is 348. The van der Waals surface area contributed by atoms with Gasteiger partial charge in [-0.25, -0.2) is 0 Å². The summed E-state index contributed by atoms with van der Waals surface area (Å²) in [4.78, 5) is 0. The van der Waals surface area contributed by atoms with Gasteiger partial charge in [-0.15, -0.1) is 0 Å². The second-order valence-electron chi connectivity index (χ2n) is 4.50. The van der Waals surface area contributed by atoms with Crippen molar-refractivity contribution in [3.8, 4) is 0 Å². The molecule has 0 spiro atoms. The lowest BCUT2D eigenvalue weighted by molar-refractivity contribution is 0.572. The standard InChI is InChI=1S/C13H18ClN/c1-9-3-4-11(8-13(9)14)10-5-6-12(7-10)15-2/h3-4,8,10,12,15H,5-7H2,1-2H3. The summed E-state index contributed by atoms with van der Waals surface area (Å²) in [6.07, 6.45) is 3.81. The highest BCUT2D eigenvalue weighted by atomic mass is 35.5. The molecule has 0 saturated heterocycles. The van der Waals surface area contributed by atoms with Crippen LogP contribution in [-0.2, 0) is 0 Å². The summed E-state index contributed by atoms with van der Waals surface area (Å²) >= 11 is 6.15. The first-order chi connectivity index (χ1) is 7.20. The highest BCUT2D eigenvalue weighted by Crippen LogP contribution is 2.35. The van der Waals surface area contributed by atoms with Gasteiger partial charge in [0.25, 0.3) is 0 Å². The van der Waals surface area contributed by atoms with Crippen LogP contribution >= 0.6 is 11.6 Å². The molecule has 0 heterocycles. The van der Waals surface area contributed by atoms with E-state index in [4.69, 9.17) is 11.6 Å². The molecule has 2 unspecified atom stereocenters. The Morgan fingerprint density at radius 2 is 2.13 bits per heavy atom. The molecule has 15 heavy (non-hydrogen) atoms. The molecule has 0 bridgehead atoms. The number of nitrogens with one attached hydrogen (secondary N) is 1. The van der Waals surface area contributed by atoms with E-state index in [0.29, 0.717) is 12.0 Å². The Labute approximate surface area is 96.8 Å². The molecule has 2 heteroatoms. The van der Waals surface area contributed by atoms with Crippen LogP contribution in [0.15, 0.2) is 18.2 Å². The van der Waals surface area contributed by atoms with E-state index in [1.165, 1.54) is 30.4 Å². The Morgan fingerprint density at radius 1 is 1.33 bits per heavy atom. The zero-order valence-corrected chi connectivity index (χ0v) is 10.1. The predicted molar refractivity (Wildman–Crippen MR) is 65.6 cm³/mol. The minimum atomic E-state index is 0.690. The second kappa shape index (κ2) is 4.54. The largest absolute Gasteiger partial charge is 0.317 e. The molecule has 1 aromatic rings. The van der Waals surface area contributed by atoms with Gasteiger partial charge in [-0.2, -0.15) is 0 Å².